The molecular formula is C18H26N6O3. The van der Waals surface area contributed by atoms with Gasteiger partial charge in [0.15, 0.2) is 6.23 Å². The summed E-state index contributed by atoms with van der Waals surface area (Å²) in [6.45, 7) is 3.72. The molecule has 4 atom stereocenters. The summed E-state index contributed by atoms with van der Waals surface area (Å²) in [6.07, 6.45) is 3.53. The summed E-state index contributed by atoms with van der Waals surface area (Å²) >= 11 is 0. The van der Waals surface area contributed by atoms with E-state index in [9.17, 15) is 10.2 Å². The Morgan fingerprint density at radius 3 is 2.78 bits per heavy atom. The molecule has 0 aromatic carbocycles. The highest BCUT2D eigenvalue weighted by molar-refractivity contribution is 5.86. The van der Waals surface area contributed by atoms with Crippen LogP contribution in [0.25, 0.3) is 11.0 Å². The van der Waals surface area contributed by atoms with Gasteiger partial charge in [-0.2, -0.15) is 0 Å². The molecule has 146 valence electrons. The van der Waals surface area contributed by atoms with Gasteiger partial charge in [0.1, 0.15) is 36.1 Å². The Morgan fingerprint density at radius 2 is 2.04 bits per heavy atom. The number of anilines is 1. The van der Waals surface area contributed by atoms with Gasteiger partial charge in [0.2, 0.25) is 0 Å². The van der Waals surface area contributed by atoms with Crippen molar-refractivity contribution in [2.24, 2.45) is 0 Å². The van der Waals surface area contributed by atoms with Gasteiger partial charge >= 0.3 is 0 Å². The third kappa shape index (κ3) is 2.65. The monoisotopic (exact) mass is 374 g/mol. The van der Waals surface area contributed by atoms with Gasteiger partial charge in [0.25, 0.3) is 0 Å². The molecule has 0 bridgehead atoms. The average molecular weight is 374 g/mol. The number of aliphatic hydroxyl groups excluding tert-OH is 2. The first-order valence-electron chi connectivity index (χ1n) is 9.63. The van der Waals surface area contributed by atoms with Crippen LogP contribution in [-0.4, -0.2) is 79.7 Å². The zero-order valence-corrected chi connectivity index (χ0v) is 15.2. The second-order valence-corrected chi connectivity index (χ2v) is 7.94. The molecule has 0 radical (unpaired) electrons. The van der Waals surface area contributed by atoms with Crippen LogP contribution < -0.4 is 11.1 Å². The average Bonchev–Trinajstić information content (AvgIpc) is 3.23. The maximum atomic E-state index is 10.6. The van der Waals surface area contributed by atoms with Crippen LogP contribution in [0.15, 0.2) is 18.6 Å². The minimum absolute atomic E-state index is 0.235. The first kappa shape index (κ1) is 17.3. The van der Waals surface area contributed by atoms with E-state index in [1.54, 1.807) is 16.8 Å². The number of likely N-dealkylation sites (tertiary alicyclic amines) is 1. The zero-order valence-electron chi connectivity index (χ0n) is 15.2. The van der Waals surface area contributed by atoms with Crippen LogP contribution in [0.3, 0.4) is 0 Å². The van der Waals surface area contributed by atoms with Crippen molar-refractivity contribution >= 4 is 16.9 Å². The van der Waals surface area contributed by atoms with Gasteiger partial charge in [-0.3, -0.25) is 4.90 Å². The van der Waals surface area contributed by atoms with Crippen LogP contribution in [0.5, 0.6) is 0 Å². The molecule has 3 saturated heterocycles. The first-order valence-corrected chi connectivity index (χ1v) is 9.63. The van der Waals surface area contributed by atoms with E-state index in [0.717, 1.165) is 32.5 Å². The predicted octanol–water partition coefficient (Wildman–Crippen LogP) is -0.539. The highest BCUT2D eigenvalue weighted by Crippen LogP contribution is 2.40. The van der Waals surface area contributed by atoms with E-state index in [1.165, 1.54) is 12.7 Å². The molecule has 0 amide bonds. The van der Waals surface area contributed by atoms with E-state index < -0.39 is 24.5 Å². The number of piperidine rings is 1. The summed E-state index contributed by atoms with van der Waals surface area (Å²) in [4.78, 5) is 10.7. The lowest BCUT2D eigenvalue weighted by Gasteiger charge is -2.56. The van der Waals surface area contributed by atoms with E-state index in [-0.39, 0.29) is 5.54 Å². The fourth-order valence-electron chi connectivity index (χ4n) is 4.85. The summed E-state index contributed by atoms with van der Waals surface area (Å²) in [5.41, 5.74) is 6.73. The Labute approximate surface area is 157 Å². The molecule has 1 spiro atoms. The van der Waals surface area contributed by atoms with E-state index in [0.29, 0.717) is 23.4 Å². The van der Waals surface area contributed by atoms with Crippen LogP contribution in [0, 0.1) is 0 Å². The molecule has 5 heterocycles. The Bertz CT molecular complexity index is 836. The number of hydrogen-bond donors (Lipinski definition) is 4. The number of nitrogen functional groups attached to an aromatic ring is 1. The molecule has 3 aliphatic heterocycles. The Hall–Kier alpha value is -1.78. The zero-order chi connectivity index (χ0) is 18.6. The van der Waals surface area contributed by atoms with Crippen molar-refractivity contribution in [1.29, 1.82) is 0 Å². The lowest BCUT2D eigenvalue weighted by Crippen LogP contribution is -2.65. The molecule has 2 aromatic rings. The van der Waals surface area contributed by atoms with Crippen molar-refractivity contribution in [2.75, 3.05) is 31.9 Å². The van der Waals surface area contributed by atoms with Gasteiger partial charge in [0, 0.05) is 24.8 Å². The summed E-state index contributed by atoms with van der Waals surface area (Å²) < 4.78 is 7.86. The molecule has 3 aliphatic rings. The molecule has 0 unspecified atom stereocenters. The Kier molecular flexibility index (Phi) is 4.10. The van der Waals surface area contributed by atoms with Crippen molar-refractivity contribution in [3.8, 4) is 0 Å². The molecule has 9 heteroatoms. The van der Waals surface area contributed by atoms with Crippen molar-refractivity contribution in [3.63, 3.8) is 0 Å². The summed E-state index contributed by atoms with van der Waals surface area (Å²) in [5, 5.41) is 25.4. The minimum atomic E-state index is -1.02. The van der Waals surface area contributed by atoms with Gasteiger partial charge < -0.3 is 30.6 Å². The number of nitrogens with two attached hydrogens (primary N) is 1. The van der Waals surface area contributed by atoms with Crippen molar-refractivity contribution in [2.45, 2.75) is 49.3 Å². The van der Waals surface area contributed by atoms with Gasteiger partial charge in [-0.25, -0.2) is 9.97 Å². The number of aromatic nitrogens is 3. The first-order chi connectivity index (χ1) is 13.1. The van der Waals surface area contributed by atoms with E-state index in [2.05, 4.69) is 20.2 Å². The van der Waals surface area contributed by atoms with Gasteiger partial charge in [-0.15, -0.1) is 0 Å². The number of hydrogen-bond acceptors (Lipinski definition) is 8. The lowest BCUT2D eigenvalue weighted by molar-refractivity contribution is -0.0963. The quantitative estimate of drug-likeness (QED) is 0.565. The van der Waals surface area contributed by atoms with Crippen LogP contribution in [-0.2, 0) is 4.74 Å². The fourth-order valence-corrected chi connectivity index (χ4v) is 4.85. The second-order valence-electron chi connectivity index (χ2n) is 7.94. The van der Waals surface area contributed by atoms with E-state index in [1.807, 2.05) is 0 Å². The van der Waals surface area contributed by atoms with Gasteiger partial charge in [0.05, 0.1) is 5.39 Å². The molecule has 3 fully saturated rings. The molecule has 9 nitrogen and oxygen atoms in total. The number of aliphatic hydroxyl groups is 2. The van der Waals surface area contributed by atoms with Crippen molar-refractivity contribution in [1.82, 2.24) is 24.8 Å². The van der Waals surface area contributed by atoms with Crippen LogP contribution in [0.1, 0.15) is 25.5 Å². The third-order valence-corrected chi connectivity index (χ3v) is 6.60. The molecule has 27 heavy (non-hydrogen) atoms. The van der Waals surface area contributed by atoms with Crippen molar-refractivity contribution in [3.05, 3.63) is 18.6 Å². The fraction of sp³-hybridized carbons (Fsp3) is 0.667. The van der Waals surface area contributed by atoms with E-state index in [4.69, 9.17) is 10.5 Å². The smallest absolute Gasteiger partial charge is 0.164 e. The van der Waals surface area contributed by atoms with Crippen LogP contribution in [0.4, 0.5) is 5.82 Å². The third-order valence-electron chi connectivity index (χ3n) is 6.60. The number of fused-ring (bicyclic) bond motifs is 1. The largest absolute Gasteiger partial charge is 0.387 e. The number of nitrogens with zero attached hydrogens (tertiary/aromatic N) is 4. The standard InChI is InChI=1S/C18H26N6O3/c19-15-11-1-7-24(16(11)22-10-21-15)17-14(26)13(25)12(27-17)9-23-8-4-18(23)2-5-20-6-3-18/h1,7,10,12-14,17,20,25-26H,2-6,8-9H2,(H2,19,21,22)/t12-,13-,14-,17-/m1/s1. The molecule has 0 saturated carbocycles. The minimum Gasteiger partial charge on any atom is -0.387 e. The molecule has 2 aromatic heterocycles. The lowest BCUT2D eigenvalue weighted by atomic mass is 9.76. The Morgan fingerprint density at radius 1 is 1.22 bits per heavy atom. The van der Waals surface area contributed by atoms with Gasteiger partial charge in [-0.1, -0.05) is 0 Å². The topological polar surface area (TPSA) is 122 Å². The molecule has 5 rings (SSSR count). The highest BCUT2D eigenvalue weighted by Gasteiger charge is 2.50. The normalized spacial score (nSPS) is 33.6. The van der Waals surface area contributed by atoms with Crippen LogP contribution in [0.2, 0.25) is 0 Å². The molecule has 0 aliphatic carbocycles. The summed E-state index contributed by atoms with van der Waals surface area (Å²) in [7, 11) is 0. The molecular weight excluding hydrogens is 348 g/mol. The number of ether oxygens (including phenoxy) is 1. The summed E-state index contributed by atoms with van der Waals surface area (Å²) in [6, 6.07) is 1.81. The van der Waals surface area contributed by atoms with Crippen molar-refractivity contribution < 1.29 is 14.9 Å². The second kappa shape index (κ2) is 6.39. The number of nitrogens with one attached hydrogen (secondary N) is 1. The summed E-state index contributed by atoms with van der Waals surface area (Å²) in [5.74, 6) is 0.386. The maximum Gasteiger partial charge on any atom is 0.164 e. The van der Waals surface area contributed by atoms with E-state index >= 15 is 0 Å². The van der Waals surface area contributed by atoms with Gasteiger partial charge in [-0.05, 0) is 38.4 Å². The highest BCUT2D eigenvalue weighted by atomic mass is 16.6. The SMILES string of the molecule is Nc1ncnc2c1ccn2[C@@H]1O[C@H](CN2CCC23CCNCC3)[C@@H](O)[C@H]1O. The maximum absolute atomic E-state index is 10.6. The predicted molar refractivity (Wildman–Crippen MR) is 98.9 cm³/mol. The molecule has 5 N–H and O–H groups in total. The van der Waals surface area contributed by atoms with Crippen LogP contribution >= 0.6 is 0 Å². The Balaban J connectivity index is 1.35. The number of rotatable bonds is 3.